The van der Waals surface area contributed by atoms with Crippen molar-refractivity contribution in [1.29, 1.82) is 0 Å². The molecule has 0 aliphatic carbocycles. The zero-order chi connectivity index (χ0) is 8.43. The van der Waals surface area contributed by atoms with E-state index in [1.807, 2.05) is 4.98 Å². The first kappa shape index (κ1) is 7.39. The van der Waals surface area contributed by atoms with Gasteiger partial charge in [-0.05, 0) is 0 Å². The lowest BCUT2D eigenvalue weighted by atomic mass is 10.3. The molecule has 0 bridgehead atoms. The Morgan fingerprint density at radius 2 is 2.27 bits per heavy atom. The van der Waals surface area contributed by atoms with E-state index in [1.165, 1.54) is 0 Å². The normalized spacial score (nSPS) is 9.82. The summed E-state index contributed by atoms with van der Waals surface area (Å²) in [7, 11) is 0. The number of aromatic nitrogens is 1. The standard InChI is InChI=1S/C5H5NO5/c7-3(8)1-2-4(9)11-5(10)6-2/h9H,1H2,(H,6,10)(H,7,8). The van der Waals surface area contributed by atoms with Crippen molar-refractivity contribution < 1.29 is 19.4 Å². The lowest BCUT2D eigenvalue weighted by Gasteiger charge is -1.87. The van der Waals surface area contributed by atoms with E-state index in [0.29, 0.717) is 0 Å². The van der Waals surface area contributed by atoms with Crippen molar-refractivity contribution in [2.75, 3.05) is 0 Å². The molecule has 0 saturated carbocycles. The Labute approximate surface area is 60.1 Å². The van der Waals surface area contributed by atoms with Gasteiger partial charge in [-0.3, -0.25) is 9.78 Å². The summed E-state index contributed by atoms with van der Waals surface area (Å²) >= 11 is 0. The highest BCUT2D eigenvalue weighted by molar-refractivity contribution is 5.70. The molecule has 0 radical (unpaired) electrons. The molecule has 1 heterocycles. The van der Waals surface area contributed by atoms with Gasteiger partial charge >= 0.3 is 17.7 Å². The maximum Gasteiger partial charge on any atom is 0.419 e. The second-order valence-electron chi connectivity index (χ2n) is 1.87. The monoisotopic (exact) mass is 159 g/mol. The number of H-pyrrole nitrogens is 1. The summed E-state index contributed by atoms with van der Waals surface area (Å²) in [5.41, 5.74) is -0.123. The average Bonchev–Trinajstić information content (AvgIpc) is 2.09. The lowest BCUT2D eigenvalue weighted by Crippen LogP contribution is -2.03. The molecule has 0 unspecified atom stereocenters. The van der Waals surface area contributed by atoms with E-state index in [2.05, 4.69) is 4.42 Å². The summed E-state index contributed by atoms with van der Waals surface area (Å²) in [6, 6.07) is 0. The first-order valence-corrected chi connectivity index (χ1v) is 2.72. The number of hydrogen-bond donors (Lipinski definition) is 3. The van der Waals surface area contributed by atoms with Crippen LogP contribution in [0.4, 0.5) is 0 Å². The predicted octanol–water partition coefficient (Wildman–Crippen LogP) is -0.699. The SMILES string of the molecule is O=C(O)Cc1[nH]c(=O)oc1O. The minimum absolute atomic E-state index is 0.123. The number of aromatic amines is 1. The van der Waals surface area contributed by atoms with E-state index in [-0.39, 0.29) is 5.69 Å². The quantitative estimate of drug-likeness (QED) is 0.529. The Hall–Kier alpha value is -1.72. The van der Waals surface area contributed by atoms with Crippen LogP contribution in [-0.4, -0.2) is 21.2 Å². The number of aromatic hydroxyl groups is 1. The van der Waals surface area contributed by atoms with Gasteiger partial charge in [0, 0.05) is 0 Å². The summed E-state index contributed by atoms with van der Waals surface area (Å²) in [6.07, 6.45) is -0.461. The van der Waals surface area contributed by atoms with Crippen molar-refractivity contribution >= 4 is 5.97 Å². The number of aliphatic carboxylic acids is 1. The molecule has 1 aromatic rings. The van der Waals surface area contributed by atoms with Crippen LogP contribution >= 0.6 is 0 Å². The molecule has 1 aromatic heterocycles. The van der Waals surface area contributed by atoms with Crippen molar-refractivity contribution in [3.8, 4) is 5.95 Å². The van der Waals surface area contributed by atoms with Crippen LogP contribution in [0.15, 0.2) is 9.21 Å². The average molecular weight is 159 g/mol. The van der Waals surface area contributed by atoms with Crippen molar-refractivity contribution in [2.24, 2.45) is 0 Å². The number of oxazole rings is 1. The highest BCUT2D eigenvalue weighted by atomic mass is 16.5. The molecule has 0 aliphatic heterocycles. The highest BCUT2D eigenvalue weighted by Crippen LogP contribution is 2.10. The van der Waals surface area contributed by atoms with Crippen molar-refractivity contribution in [3.63, 3.8) is 0 Å². The molecule has 0 fully saturated rings. The molecular formula is C5H5NO5. The van der Waals surface area contributed by atoms with Gasteiger partial charge in [0.15, 0.2) is 0 Å². The Kier molecular flexibility index (Phi) is 1.67. The molecule has 11 heavy (non-hydrogen) atoms. The number of carbonyl (C=O) groups is 1. The van der Waals surface area contributed by atoms with Gasteiger partial charge in [0.25, 0.3) is 0 Å². The van der Waals surface area contributed by atoms with Crippen LogP contribution in [0.2, 0.25) is 0 Å². The van der Waals surface area contributed by atoms with E-state index in [4.69, 9.17) is 10.2 Å². The zero-order valence-electron chi connectivity index (χ0n) is 5.33. The van der Waals surface area contributed by atoms with Gasteiger partial charge in [-0.15, -0.1) is 0 Å². The maximum absolute atomic E-state index is 10.3. The third kappa shape index (κ3) is 1.60. The van der Waals surface area contributed by atoms with E-state index < -0.39 is 24.1 Å². The van der Waals surface area contributed by atoms with E-state index in [0.717, 1.165) is 0 Å². The molecule has 0 spiro atoms. The fourth-order valence-electron chi connectivity index (χ4n) is 0.623. The van der Waals surface area contributed by atoms with Gasteiger partial charge < -0.3 is 14.6 Å². The number of hydrogen-bond acceptors (Lipinski definition) is 4. The molecule has 0 atom stereocenters. The third-order valence-electron chi connectivity index (χ3n) is 1.03. The Bertz CT molecular complexity index is 322. The van der Waals surface area contributed by atoms with Crippen LogP contribution in [0.5, 0.6) is 5.95 Å². The lowest BCUT2D eigenvalue weighted by molar-refractivity contribution is -0.136. The van der Waals surface area contributed by atoms with Crippen molar-refractivity contribution in [2.45, 2.75) is 6.42 Å². The molecule has 0 amide bonds. The number of nitrogens with one attached hydrogen (secondary N) is 1. The molecule has 6 nitrogen and oxygen atoms in total. The van der Waals surface area contributed by atoms with E-state index >= 15 is 0 Å². The second-order valence-corrected chi connectivity index (χ2v) is 1.87. The van der Waals surface area contributed by atoms with Gasteiger partial charge in [-0.2, -0.15) is 0 Å². The van der Waals surface area contributed by atoms with Gasteiger partial charge in [0.05, 0.1) is 6.42 Å². The largest absolute Gasteiger partial charge is 0.481 e. The second kappa shape index (κ2) is 2.49. The number of carboxylic acid groups (broad SMARTS) is 1. The van der Waals surface area contributed by atoms with Gasteiger partial charge in [0.1, 0.15) is 5.69 Å². The van der Waals surface area contributed by atoms with Crippen molar-refractivity contribution in [1.82, 2.24) is 4.98 Å². The van der Waals surface area contributed by atoms with Gasteiger partial charge in [-0.1, -0.05) is 0 Å². The molecule has 0 saturated heterocycles. The fraction of sp³-hybridized carbons (Fsp3) is 0.200. The Balaban J connectivity index is 2.94. The van der Waals surface area contributed by atoms with E-state index in [1.54, 1.807) is 0 Å². The number of carboxylic acids is 1. The molecule has 6 heteroatoms. The molecule has 3 N–H and O–H groups in total. The van der Waals surface area contributed by atoms with Crippen molar-refractivity contribution in [3.05, 3.63) is 16.2 Å². The van der Waals surface area contributed by atoms with Gasteiger partial charge in [0.2, 0.25) is 0 Å². The van der Waals surface area contributed by atoms with Crippen LogP contribution in [0.3, 0.4) is 0 Å². The Morgan fingerprint density at radius 1 is 1.64 bits per heavy atom. The fourth-order valence-corrected chi connectivity index (χ4v) is 0.623. The molecular weight excluding hydrogens is 154 g/mol. The minimum Gasteiger partial charge on any atom is -0.481 e. The number of rotatable bonds is 2. The topological polar surface area (TPSA) is 104 Å². The summed E-state index contributed by atoms with van der Waals surface area (Å²) in [4.78, 5) is 22.4. The van der Waals surface area contributed by atoms with Crippen LogP contribution in [-0.2, 0) is 11.2 Å². The molecule has 60 valence electrons. The van der Waals surface area contributed by atoms with Crippen LogP contribution < -0.4 is 5.76 Å². The molecule has 0 aliphatic rings. The molecule has 0 aromatic carbocycles. The highest BCUT2D eigenvalue weighted by Gasteiger charge is 2.11. The smallest absolute Gasteiger partial charge is 0.419 e. The summed E-state index contributed by atoms with van der Waals surface area (Å²) < 4.78 is 4.10. The summed E-state index contributed by atoms with van der Waals surface area (Å²) in [6.45, 7) is 0. The predicted molar refractivity (Wildman–Crippen MR) is 32.3 cm³/mol. The van der Waals surface area contributed by atoms with Crippen LogP contribution in [0.1, 0.15) is 5.69 Å². The molecule has 1 rings (SSSR count). The van der Waals surface area contributed by atoms with Crippen LogP contribution in [0, 0.1) is 0 Å². The van der Waals surface area contributed by atoms with E-state index in [9.17, 15) is 9.59 Å². The minimum atomic E-state index is -1.16. The summed E-state index contributed by atoms with van der Waals surface area (Å²) in [5, 5.41) is 16.9. The first-order chi connectivity index (χ1) is 5.09. The zero-order valence-corrected chi connectivity index (χ0v) is 5.33. The first-order valence-electron chi connectivity index (χ1n) is 2.72. The van der Waals surface area contributed by atoms with Crippen LogP contribution in [0.25, 0.3) is 0 Å². The van der Waals surface area contributed by atoms with Gasteiger partial charge in [-0.25, -0.2) is 4.79 Å². The third-order valence-corrected chi connectivity index (χ3v) is 1.03. The maximum atomic E-state index is 10.3. The Morgan fingerprint density at radius 3 is 2.64 bits per heavy atom. The summed E-state index contributed by atoms with van der Waals surface area (Å²) in [5.74, 6) is -2.69.